The Morgan fingerprint density at radius 3 is 2.18 bits per heavy atom. The first-order chi connectivity index (χ1) is 16.2. The highest BCUT2D eigenvalue weighted by atomic mass is 35.6. The lowest BCUT2D eigenvalue weighted by Gasteiger charge is -2.38. The zero-order chi connectivity index (χ0) is 24.1. The number of nitrogens with zero attached hydrogens (tertiary/aromatic N) is 3. The molecule has 1 saturated heterocycles. The van der Waals surface area contributed by atoms with E-state index in [0.717, 1.165) is 16.6 Å². The summed E-state index contributed by atoms with van der Waals surface area (Å²) in [6.07, 6.45) is 0.614. The molecule has 0 radical (unpaired) electrons. The highest BCUT2D eigenvalue weighted by molar-refractivity contribution is 7.93. The smallest absolute Gasteiger partial charge is 0.274 e. The number of hydrogen-bond donors (Lipinski definition) is 0. The van der Waals surface area contributed by atoms with E-state index in [1.165, 1.54) is 4.31 Å². The third-order valence-corrected chi connectivity index (χ3v) is 8.78. The van der Waals surface area contributed by atoms with E-state index in [1.54, 1.807) is 17.0 Å². The summed E-state index contributed by atoms with van der Waals surface area (Å²) in [6, 6.07) is 18.6. The molecule has 6 nitrogen and oxygen atoms in total. The summed E-state index contributed by atoms with van der Waals surface area (Å²) >= 11 is 17.3. The molecule has 2 aliphatic rings. The van der Waals surface area contributed by atoms with Crippen molar-refractivity contribution >= 4 is 72.9 Å². The molecular formula is C24H22Cl3N3O3S. The molecule has 3 aromatic carbocycles. The number of sulfonamides is 1. The van der Waals surface area contributed by atoms with Crippen molar-refractivity contribution in [3.63, 3.8) is 0 Å². The van der Waals surface area contributed by atoms with Crippen LogP contribution in [0.3, 0.4) is 0 Å². The molecule has 1 fully saturated rings. The number of hydrogen-bond acceptors (Lipinski definition) is 4. The Hall–Kier alpha value is -2.19. The summed E-state index contributed by atoms with van der Waals surface area (Å²) in [5, 5.41) is 1.60. The molecule has 0 saturated carbocycles. The van der Waals surface area contributed by atoms with Crippen molar-refractivity contribution in [2.75, 3.05) is 41.9 Å². The van der Waals surface area contributed by atoms with E-state index in [0.29, 0.717) is 55.1 Å². The van der Waals surface area contributed by atoms with Crippen LogP contribution in [0.1, 0.15) is 5.56 Å². The highest BCUT2D eigenvalue weighted by Crippen LogP contribution is 2.40. The number of carbonyl (C=O) groups is 1. The van der Waals surface area contributed by atoms with Crippen LogP contribution in [-0.4, -0.2) is 55.7 Å². The molecule has 2 aliphatic heterocycles. The second kappa shape index (κ2) is 8.79. The lowest BCUT2D eigenvalue weighted by atomic mass is 10.1. The lowest BCUT2D eigenvalue weighted by molar-refractivity contribution is -0.130. The molecule has 0 aromatic heterocycles. The number of benzene rings is 3. The normalized spacial score (nSPS) is 16.7. The fourth-order valence-electron chi connectivity index (χ4n) is 4.80. The maximum Gasteiger partial charge on any atom is 0.274 e. The van der Waals surface area contributed by atoms with Crippen LogP contribution < -0.4 is 9.21 Å². The van der Waals surface area contributed by atoms with Gasteiger partial charge in [0.15, 0.2) is 0 Å². The lowest BCUT2D eigenvalue weighted by Crippen LogP contribution is -2.52. The van der Waals surface area contributed by atoms with Gasteiger partial charge in [-0.2, -0.15) is 0 Å². The summed E-state index contributed by atoms with van der Waals surface area (Å²) in [5.74, 6) is -0.525. The highest BCUT2D eigenvalue weighted by Gasteiger charge is 2.38. The van der Waals surface area contributed by atoms with Gasteiger partial charge in [0.05, 0.1) is 10.6 Å². The van der Waals surface area contributed by atoms with Crippen molar-refractivity contribution < 1.29 is 13.2 Å². The van der Waals surface area contributed by atoms with Gasteiger partial charge in [0, 0.05) is 49.4 Å². The van der Waals surface area contributed by atoms with Gasteiger partial charge in [-0.15, -0.1) is 0 Å². The minimum atomic E-state index is -3.74. The molecule has 0 aliphatic carbocycles. The minimum Gasteiger partial charge on any atom is -0.368 e. The van der Waals surface area contributed by atoms with Crippen molar-refractivity contribution in [2.24, 2.45) is 0 Å². The Balaban J connectivity index is 1.43. The molecule has 0 unspecified atom stereocenters. The Kier molecular flexibility index (Phi) is 6.09. The average molecular weight is 539 g/mol. The number of amides is 1. The van der Waals surface area contributed by atoms with Gasteiger partial charge in [-0.25, -0.2) is 8.42 Å². The Morgan fingerprint density at radius 1 is 0.794 bits per heavy atom. The summed E-state index contributed by atoms with van der Waals surface area (Å²) in [5.41, 5.74) is 2.67. The topological polar surface area (TPSA) is 60.9 Å². The van der Waals surface area contributed by atoms with Crippen molar-refractivity contribution in [1.29, 1.82) is 0 Å². The molecule has 0 spiro atoms. The zero-order valence-corrected chi connectivity index (χ0v) is 21.2. The molecule has 34 heavy (non-hydrogen) atoms. The molecule has 5 rings (SSSR count). The van der Waals surface area contributed by atoms with Gasteiger partial charge in [-0.3, -0.25) is 9.10 Å². The summed E-state index contributed by atoms with van der Waals surface area (Å²) in [4.78, 5) is 16.3. The van der Waals surface area contributed by atoms with Gasteiger partial charge < -0.3 is 9.80 Å². The van der Waals surface area contributed by atoms with Gasteiger partial charge in [0.1, 0.15) is 0 Å². The summed E-state index contributed by atoms with van der Waals surface area (Å²) in [7, 11) is -3.74. The minimum absolute atomic E-state index is 0.308. The van der Waals surface area contributed by atoms with Crippen LogP contribution in [0.2, 0.25) is 0 Å². The van der Waals surface area contributed by atoms with E-state index in [9.17, 15) is 13.2 Å². The number of alkyl halides is 3. The maximum absolute atomic E-state index is 13.7. The van der Waals surface area contributed by atoms with Crippen LogP contribution in [-0.2, 0) is 21.2 Å². The van der Waals surface area contributed by atoms with E-state index in [-0.39, 0.29) is 0 Å². The SMILES string of the molecule is O=C(N1CCN(c2cccc3c2CCN3S(=O)(=O)c2cccc3ccccc23)CC1)C(Cl)(Cl)Cl. The Morgan fingerprint density at radius 2 is 1.44 bits per heavy atom. The monoisotopic (exact) mass is 537 g/mol. The van der Waals surface area contributed by atoms with Crippen LogP contribution in [0.5, 0.6) is 0 Å². The van der Waals surface area contributed by atoms with Crippen LogP contribution in [0, 0.1) is 0 Å². The standard InChI is InChI=1S/C24H22Cl3N3O3S/c25-24(26,27)23(31)29-15-13-28(14-16-29)20-8-4-9-21-19(20)11-12-30(21)34(32,33)22-10-3-6-17-5-1-2-7-18(17)22/h1-10H,11-16H2. The van der Waals surface area contributed by atoms with Crippen molar-refractivity contribution in [3.8, 4) is 0 Å². The first-order valence-electron chi connectivity index (χ1n) is 10.9. The third-order valence-electron chi connectivity index (χ3n) is 6.43. The van der Waals surface area contributed by atoms with E-state index < -0.39 is 19.7 Å². The van der Waals surface area contributed by atoms with E-state index in [2.05, 4.69) is 4.90 Å². The number of fused-ring (bicyclic) bond motifs is 2. The van der Waals surface area contributed by atoms with Crippen molar-refractivity contribution in [2.45, 2.75) is 15.1 Å². The largest absolute Gasteiger partial charge is 0.368 e. The molecule has 0 bridgehead atoms. The van der Waals surface area contributed by atoms with Crippen molar-refractivity contribution in [1.82, 2.24) is 4.90 Å². The van der Waals surface area contributed by atoms with Gasteiger partial charge in [0.25, 0.3) is 19.7 Å². The Bertz CT molecular complexity index is 1360. The second-order valence-corrected chi connectivity index (χ2v) is 12.5. The summed E-state index contributed by atoms with van der Waals surface area (Å²) in [6.45, 7) is 2.37. The van der Waals surface area contributed by atoms with Gasteiger partial charge in [-0.05, 0) is 30.0 Å². The number of carbonyl (C=O) groups excluding carboxylic acids is 1. The fourth-order valence-corrected chi connectivity index (χ4v) is 6.87. The Labute approximate surface area is 213 Å². The third kappa shape index (κ3) is 4.09. The molecular weight excluding hydrogens is 517 g/mol. The van der Waals surface area contributed by atoms with Crippen LogP contribution in [0.4, 0.5) is 11.4 Å². The summed E-state index contributed by atoms with van der Waals surface area (Å²) < 4.78 is 27.0. The average Bonchev–Trinajstić information content (AvgIpc) is 3.28. The van der Waals surface area contributed by atoms with Gasteiger partial charge in [0.2, 0.25) is 0 Å². The number of piperazine rings is 1. The molecule has 0 N–H and O–H groups in total. The number of anilines is 2. The second-order valence-electron chi connectivity index (χ2n) is 8.36. The van der Waals surface area contributed by atoms with Crippen molar-refractivity contribution in [3.05, 3.63) is 66.2 Å². The quantitative estimate of drug-likeness (QED) is 0.457. The molecule has 0 atom stereocenters. The first kappa shape index (κ1) is 23.5. The number of rotatable bonds is 3. The van der Waals surface area contributed by atoms with Crippen LogP contribution in [0.15, 0.2) is 65.6 Å². The zero-order valence-electron chi connectivity index (χ0n) is 18.1. The van der Waals surface area contributed by atoms with E-state index in [4.69, 9.17) is 34.8 Å². The molecule has 2 heterocycles. The molecule has 10 heteroatoms. The predicted octanol–water partition coefficient (Wildman–Crippen LogP) is 4.61. The van der Waals surface area contributed by atoms with Gasteiger partial charge in [-0.1, -0.05) is 77.3 Å². The van der Waals surface area contributed by atoms with E-state index in [1.807, 2.05) is 48.5 Å². The van der Waals surface area contributed by atoms with E-state index >= 15 is 0 Å². The van der Waals surface area contributed by atoms with Crippen LogP contribution >= 0.6 is 34.8 Å². The predicted molar refractivity (Wildman–Crippen MR) is 138 cm³/mol. The van der Waals surface area contributed by atoms with Gasteiger partial charge >= 0.3 is 0 Å². The first-order valence-corrected chi connectivity index (χ1v) is 13.5. The van der Waals surface area contributed by atoms with Crippen LogP contribution in [0.25, 0.3) is 10.8 Å². The molecule has 1 amide bonds. The number of halogens is 3. The molecule has 3 aromatic rings. The fraction of sp³-hybridized carbons (Fsp3) is 0.292. The maximum atomic E-state index is 13.7. The molecule has 178 valence electrons.